The molecule has 1 aromatic carbocycles. The van der Waals surface area contributed by atoms with Crippen LogP contribution in [0.4, 0.5) is 26.7 Å². The Balaban J connectivity index is 2.34. The predicted octanol–water partition coefficient (Wildman–Crippen LogP) is 6.04. The van der Waals surface area contributed by atoms with Gasteiger partial charge >= 0.3 is 6.16 Å². The molecule has 0 N–H and O–H groups in total. The van der Waals surface area contributed by atoms with Gasteiger partial charge in [0, 0.05) is 0 Å². The van der Waals surface area contributed by atoms with Crippen molar-refractivity contribution in [1.29, 1.82) is 0 Å². The van der Waals surface area contributed by atoms with Crippen LogP contribution >= 0.6 is 0 Å². The molecular weight excluding hydrogens is 347 g/mol. The van der Waals surface area contributed by atoms with Crippen molar-refractivity contribution in [1.82, 2.24) is 0 Å². The van der Waals surface area contributed by atoms with Gasteiger partial charge in [-0.2, -0.15) is 8.78 Å². The highest BCUT2D eigenvalue weighted by Gasteiger charge is 2.28. The third kappa shape index (κ3) is 6.51. The summed E-state index contributed by atoms with van der Waals surface area (Å²) in [6, 6.07) is 0. The van der Waals surface area contributed by atoms with Crippen LogP contribution in [-0.4, -0.2) is 12.8 Å². The maximum Gasteiger partial charge on any atom is 0.514 e. The quantitative estimate of drug-likeness (QED) is 0.126. The summed E-state index contributed by atoms with van der Waals surface area (Å²) in [5, 5.41) is 0. The number of benzene rings is 1. The molecule has 0 aliphatic rings. The lowest BCUT2D eigenvalue weighted by molar-refractivity contribution is 0.0932. The monoisotopic (exact) mass is 368 g/mol. The first-order valence-corrected chi connectivity index (χ1v) is 8.26. The van der Waals surface area contributed by atoms with Crippen LogP contribution in [0.25, 0.3) is 0 Å². The second-order valence-corrected chi connectivity index (χ2v) is 5.57. The van der Waals surface area contributed by atoms with Crippen molar-refractivity contribution >= 4 is 6.16 Å². The first kappa shape index (κ1) is 21.2. The summed E-state index contributed by atoms with van der Waals surface area (Å²) >= 11 is 0. The molecule has 0 fully saturated rings. The highest BCUT2D eigenvalue weighted by atomic mass is 19.2. The summed E-state index contributed by atoms with van der Waals surface area (Å²) in [5.74, 6) is -12.8. The normalized spacial score (nSPS) is 10.8. The molecule has 1 aromatic rings. The van der Waals surface area contributed by atoms with Crippen LogP contribution in [0, 0.1) is 29.1 Å². The van der Waals surface area contributed by atoms with Gasteiger partial charge in [-0.1, -0.05) is 51.9 Å². The molecular formula is C17H21F5O3. The van der Waals surface area contributed by atoms with E-state index in [-0.39, 0.29) is 6.61 Å². The average molecular weight is 368 g/mol. The van der Waals surface area contributed by atoms with Crippen molar-refractivity contribution < 1.29 is 36.2 Å². The lowest BCUT2D eigenvalue weighted by Crippen LogP contribution is -2.15. The minimum atomic E-state index is -2.32. The second-order valence-electron chi connectivity index (χ2n) is 5.57. The van der Waals surface area contributed by atoms with E-state index in [9.17, 15) is 26.7 Å². The molecule has 0 heterocycles. The standard InChI is InChI=1S/C17H21F5O3/c1-2-3-4-5-6-7-8-9-10-24-17(23)25-16-14(21)12(19)11(18)13(20)15(16)22/h2-10H2,1H3. The summed E-state index contributed by atoms with van der Waals surface area (Å²) < 4.78 is 74.1. The second kappa shape index (κ2) is 10.9. The van der Waals surface area contributed by atoms with Gasteiger partial charge in [0.2, 0.25) is 34.8 Å². The van der Waals surface area contributed by atoms with Crippen molar-refractivity contribution in [2.75, 3.05) is 6.61 Å². The number of carbonyl (C=O) groups is 1. The number of hydrogen-bond donors (Lipinski definition) is 0. The Morgan fingerprint density at radius 1 is 0.720 bits per heavy atom. The molecule has 0 aliphatic heterocycles. The third-order valence-corrected chi connectivity index (χ3v) is 3.57. The fourth-order valence-corrected chi connectivity index (χ4v) is 2.18. The molecule has 0 saturated heterocycles. The summed E-state index contributed by atoms with van der Waals surface area (Å²) in [6.45, 7) is 2.06. The molecule has 1 rings (SSSR count). The first-order chi connectivity index (χ1) is 11.9. The zero-order valence-electron chi connectivity index (χ0n) is 14.0. The molecule has 0 bridgehead atoms. The molecule has 0 spiro atoms. The summed E-state index contributed by atoms with van der Waals surface area (Å²) in [4.78, 5) is 11.3. The molecule has 0 radical (unpaired) electrons. The SMILES string of the molecule is CCCCCCCCCCOC(=O)Oc1c(F)c(F)c(F)c(F)c1F. The smallest absolute Gasteiger partial charge is 0.434 e. The van der Waals surface area contributed by atoms with E-state index >= 15 is 0 Å². The van der Waals surface area contributed by atoms with Crippen molar-refractivity contribution in [2.45, 2.75) is 58.3 Å². The fraction of sp³-hybridized carbons (Fsp3) is 0.588. The maximum absolute atomic E-state index is 13.3. The van der Waals surface area contributed by atoms with Gasteiger partial charge in [-0.25, -0.2) is 18.0 Å². The van der Waals surface area contributed by atoms with Gasteiger partial charge < -0.3 is 9.47 Å². The van der Waals surface area contributed by atoms with Crippen LogP contribution in [0.1, 0.15) is 58.3 Å². The number of carbonyl (C=O) groups excluding carboxylic acids is 1. The number of rotatable bonds is 10. The molecule has 25 heavy (non-hydrogen) atoms. The molecule has 0 unspecified atom stereocenters. The number of unbranched alkanes of at least 4 members (excludes halogenated alkanes) is 7. The topological polar surface area (TPSA) is 35.5 Å². The van der Waals surface area contributed by atoms with Crippen molar-refractivity contribution in [3.8, 4) is 5.75 Å². The van der Waals surface area contributed by atoms with E-state index in [2.05, 4.69) is 16.4 Å². The largest absolute Gasteiger partial charge is 0.514 e. The van der Waals surface area contributed by atoms with Crippen LogP contribution in [0.3, 0.4) is 0 Å². The molecule has 0 aromatic heterocycles. The first-order valence-electron chi connectivity index (χ1n) is 8.26. The van der Waals surface area contributed by atoms with Gasteiger partial charge in [0.05, 0.1) is 6.61 Å². The molecule has 0 saturated carbocycles. The van der Waals surface area contributed by atoms with Gasteiger partial charge in [-0.15, -0.1) is 0 Å². The Morgan fingerprint density at radius 3 is 1.68 bits per heavy atom. The summed E-state index contributed by atoms with van der Waals surface area (Å²) in [5.41, 5.74) is 0. The lowest BCUT2D eigenvalue weighted by atomic mass is 10.1. The van der Waals surface area contributed by atoms with Gasteiger partial charge in [0.15, 0.2) is 0 Å². The lowest BCUT2D eigenvalue weighted by Gasteiger charge is -2.09. The summed E-state index contributed by atoms with van der Waals surface area (Å²) in [7, 11) is 0. The molecule has 0 aliphatic carbocycles. The van der Waals surface area contributed by atoms with E-state index in [1.165, 1.54) is 19.3 Å². The zero-order chi connectivity index (χ0) is 18.8. The number of halogens is 5. The third-order valence-electron chi connectivity index (χ3n) is 3.57. The Kier molecular flexibility index (Phi) is 9.23. The average Bonchev–Trinajstić information content (AvgIpc) is 2.60. The molecule has 0 amide bonds. The summed E-state index contributed by atoms with van der Waals surface area (Å²) in [6.07, 6.45) is 6.49. The fourth-order valence-electron chi connectivity index (χ4n) is 2.18. The maximum atomic E-state index is 13.3. The van der Waals surface area contributed by atoms with E-state index in [0.717, 1.165) is 25.7 Å². The van der Waals surface area contributed by atoms with Crippen molar-refractivity contribution in [3.63, 3.8) is 0 Å². The van der Waals surface area contributed by atoms with E-state index in [1.54, 1.807) is 0 Å². The molecule has 142 valence electrons. The minimum absolute atomic E-state index is 0.0663. The highest BCUT2D eigenvalue weighted by molar-refractivity contribution is 5.64. The Hall–Kier alpha value is -1.86. The number of hydrogen-bond acceptors (Lipinski definition) is 3. The van der Waals surface area contributed by atoms with Crippen LogP contribution < -0.4 is 4.74 Å². The van der Waals surface area contributed by atoms with Gasteiger partial charge in [0.25, 0.3) is 0 Å². The van der Waals surface area contributed by atoms with E-state index in [0.29, 0.717) is 6.42 Å². The van der Waals surface area contributed by atoms with Gasteiger partial charge in [0.1, 0.15) is 0 Å². The van der Waals surface area contributed by atoms with Crippen LogP contribution in [0.15, 0.2) is 0 Å². The Morgan fingerprint density at radius 2 is 1.16 bits per heavy atom. The predicted molar refractivity (Wildman–Crippen MR) is 80.8 cm³/mol. The van der Waals surface area contributed by atoms with Gasteiger partial charge in [-0.3, -0.25) is 0 Å². The van der Waals surface area contributed by atoms with Crippen LogP contribution in [-0.2, 0) is 4.74 Å². The molecule has 3 nitrogen and oxygen atoms in total. The van der Waals surface area contributed by atoms with Crippen molar-refractivity contribution in [3.05, 3.63) is 29.1 Å². The minimum Gasteiger partial charge on any atom is -0.434 e. The Labute approximate surface area is 143 Å². The van der Waals surface area contributed by atoms with Gasteiger partial charge in [-0.05, 0) is 6.42 Å². The van der Waals surface area contributed by atoms with E-state index in [1.807, 2.05) is 0 Å². The molecule has 8 heteroatoms. The highest BCUT2D eigenvalue weighted by Crippen LogP contribution is 2.29. The molecule has 0 atom stereocenters. The van der Waals surface area contributed by atoms with Crippen molar-refractivity contribution in [2.24, 2.45) is 0 Å². The van der Waals surface area contributed by atoms with Crippen LogP contribution in [0.2, 0.25) is 0 Å². The van der Waals surface area contributed by atoms with E-state index in [4.69, 9.17) is 0 Å². The van der Waals surface area contributed by atoms with Crippen LogP contribution in [0.5, 0.6) is 5.75 Å². The zero-order valence-corrected chi connectivity index (χ0v) is 14.0. The Bertz CT molecular complexity index is 549. The number of ether oxygens (including phenoxy) is 2. The van der Waals surface area contributed by atoms with E-state index < -0.39 is 41.0 Å².